The van der Waals surface area contributed by atoms with Gasteiger partial charge >= 0.3 is 0 Å². The summed E-state index contributed by atoms with van der Waals surface area (Å²) >= 11 is 0. The maximum absolute atomic E-state index is 13.0. The summed E-state index contributed by atoms with van der Waals surface area (Å²) < 4.78 is 10.6. The number of nitriles is 2. The molecule has 1 N–H and O–H groups in total. The molecule has 2 aromatic carbocycles. The number of ketones is 1. The van der Waals surface area contributed by atoms with Gasteiger partial charge in [0, 0.05) is 18.4 Å². The third kappa shape index (κ3) is 3.33. The fraction of sp³-hybridized carbons (Fsp3) is 0.190. The second-order valence-electron chi connectivity index (χ2n) is 6.02. The van der Waals surface area contributed by atoms with Crippen LogP contribution in [-0.2, 0) is 0 Å². The van der Waals surface area contributed by atoms with E-state index in [2.05, 4.69) is 0 Å². The minimum Gasteiger partial charge on any atom is -0.507 e. The summed E-state index contributed by atoms with van der Waals surface area (Å²) in [5.74, 6) is -2.10. The van der Waals surface area contributed by atoms with Crippen molar-refractivity contribution < 1.29 is 19.1 Å². The highest BCUT2D eigenvalue weighted by Gasteiger charge is 2.29. The van der Waals surface area contributed by atoms with Gasteiger partial charge in [0.25, 0.3) is 0 Å². The number of Topliss-reactive ketones (excluding diaryl/α,β-unsaturated/α-hetero) is 1. The number of hydrogen-bond acceptors (Lipinski definition) is 6. The molecule has 134 valence electrons. The van der Waals surface area contributed by atoms with Gasteiger partial charge in [-0.05, 0) is 11.6 Å². The van der Waals surface area contributed by atoms with E-state index in [4.69, 9.17) is 9.15 Å². The van der Waals surface area contributed by atoms with Crippen molar-refractivity contribution in [1.29, 1.82) is 10.5 Å². The average molecular weight is 360 g/mol. The molecule has 6 nitrogen and oxygen atoms in total. The van der Waals surface area contributed by atoms with Crippen LogP contribution in [-0.4, -0.2) is 18.0 Å². The highest BCUT2D eigenvalue weighted by Crippen LogP contribution is 2.39. The smallest absolute Gasteiger partial charge is 0.171 e. The van der Waals surface area contributed by atoms with Crippen molar-refractivity contribution in [3.05, 3.63) is 59.9 Å². The van der Waals surface area contributed by atoms with Gasteiger partial charge in [-0.1, -0.05) is 30.3 Å². The fourth-order valence-electron chi connectivity index (χ4n) is 3.19. The van der Waals surface area contributed by atoms with Crippen LogP contribution >= 0.6 is 0 Å². The number of phenolic OH excluding ortho intramolecular Hbond substituents is 1. The van der Waals surface area contributed by atoms with E-state index in [1.54, 1.807) is 30.3 Å². The minimum absolute atomic E-state index is 0.0157. The Morgan fingerprint density at radius 1 is 1.22 bits per heavy atom. The second kappa shape index (κ2) is 7.63. The molecule has 1 aromatic heterocycles. The van der Waals surface area contributed by atoms with E-state index in [9.17, 15) is 20.4 Å². The summed E-state index contributed by atoms with van der Waals surface area (Å²) in [4.78, 5) is 13.0. The summed E-state index contributed by atoms with van der Waals surface area (Å²) in [6.07, 6.45) is 1.32. The molecule has 3 rings (SSSR count). The van der Waals surface area contributed by atoms with E-state index in [1.807, 2.05) is 18.2 Å². The molecule has 6 heteroatoms. The van der Waals surface area contributed by atoms with Crippen LogP contribution < -0.4 is 4.74 Å². The number of carbonyl (C=O) groups excluding carboxylic acids is 1. The molecule has 0 bridgehead atoms. The number of aromatic hydroxyl groups is 1. The van der Waals surface area contributed by atoms with Crippen molar-refractivity contribution in [2.24, 2.45) is 5.92 Å². The molecule has 1 atom stereocenters. The predicted molar refractivity (Wildman–Crippen MR) is 97.3 cm³/mol. The van der Waals surface area contributed by atoms with Crippen molar-refractivity contribution >= 4 is 16.8 Å². The van der Waals surface area contributed by atoms with Crippen molar-refractivity contribution in [3.8, 4) is 23.6 Å². The Balaban J connectivity index is 2.05. The predicted octanol–water partition coefficient (Wildman–Crippen LogP) is 4.17. The number of nitrogens with zero attached hydrogens (tertiary/aromatic N) is 2. The van der Waals surface area contributed by atoms with Crippen LogP contribution in [0.15, 0.2) is 53.1 Å². The van der Waals surface area contributed by atoms with Crippen LogP contribution in [0.3, 0.4) is 0 Å². The van der Waals surface area contributed by atoms with Gasteiger partial charge in [-0.2, -0.15) is 10.5 Å². The zero-order chi connectivity index (χ0) is 19.4. The van der Waals surface area contributed by atoms with E-state index in [0.29, 0.717) is 16.5 Å². The van der Waals surface area contributed by atoms with Crippen LogP contribution in [0.4, 0.5) is 0 Å². The standard InChI is InChI=1S/C21H16N2O4/c1-26-21-15-7-8-27-19(15)10-18(25)20(21)17(24)9-16(14(11-22)12-23)13-5-3-2-4-6-13/h2-8,10,14,16,25H,9H2,1H3. The van der Waals surface area contributed by atoms with Gasteiger partial charge in [-0.15, -0.1) is 0 Å². The summed E-state index contributed by atoms with van der Waals surface area (Å²) in [6, 6.07) is 15.8. The third-order valence-electron chi connectivity index (χ3n) is 4.49. The maximum Gasteiger partial charge on any atom is 0.171 e. The largest absolute Gasteiger partial charge is 0.507 e. The second-order valence-corrected chi connectivity index (χ2v) is 6.02. The number of carbonyl (C=O) groups is 1. The summed E-state index contributed by atoms with van der Waals surface area (Å²) in [7, 11) is 1.40. The quantitative estimate of drug-likeness (QED) is 0.661. The van der Waals surface area contributed by atoms with Gasteiger partial charge in [0.1, 0.15) is 28.6 Å². The molecule has 0 saturated heterocycles. The maximum atomic E-state index is 13.0. The number of furan rings is 1. The molecule has 1 unspecified atom stereocenters. The van der Waals surface area contributed by atoms with Gasteiger partial charge in [0.2, 0.25) is 0 Å². The fourth-order valence-corrected chi connectivity index (χ4v) is 3.19. The normalized spacial score (nSPS) is 11.7. The Hall–Kier alpha value is -3.77. The average Bonchev–Trinajstić information content (AvgIpc) is 3.15. The number of hydrogen-bond donors (Lipinski definition) is 1. The molecule has 3 aromatic rings. The SMILES string of the molecule is COc1c(C(=O)CC(c2ccccc2)C(C#N)C#N)c(O)cc2occc12. The van der Waals surface area contributed by atoms with Gasteiger partial charge in [0.15, 0.2) is 5.78 Å². The molecule has 0 aliphatic heterocycles. The number of ether oxygens (including phenoxy) is 1. The number of rotatable bonds is 6. The first-order chi connectivity index (χ1) is 13.1. The van der Waals surface area contributed by atoms with Crippen molar-refractivity contribution in [3.63, 3.8) is 0 Å². The molecule has 0 fully saturated rings. The molecular formula is C21H16N2O4. The van der Waals surface area contributed by atoms with E-state index in [0.717, 1.165) is 0 Å². The number of fused-ring (bicyclic) bond motifs is 1. The van der Waals surface area contributed by atoms with Crippen molar-refractivity contribution in [2.75, 3.05) is 7.11 Å². The van der Waals surface area contributed by atoms with Crippen LogP contribution in [0.5, 0.6) is 11.5 Å². The van der Waals surface area contributed by atoms with Gasteiger partial charge in [-0.25, -0.2) is 0 Å². The van der Waals surface area contributed by atoms with E-state index >= 15 is 0 Å². The van der Waals surface area contributed by atoms with E-state index in [-0.39, 0.29) is 23.5 Å². The molecule has 0 amide bonds. The Morgan fingerprint density at radius 3 is 2.56 bits per heavy atom. The molecule has 0 saturated carbocycles. The summed E-state index contributed by atoms with van der Waals surface area (Å²) in [5.41, 5.74) is 1.12. The molecule has 0 aliphatic rings. The molecule has 27 heavy (non-hydrogen) atoms. The Morgan fingerprint density at radius 2 is 1.93 bits per heavy atom. The lowest BCUT2D eigenvalue weighted by Gasteiger charge is -2.18. The highest BCUT2D eigenvalue weighted by atomic mass is 16.5. The molecule has 0 radical (unpaired) electrons. The number of phenols is 1. The first kappa shape index (κ1) is 18.0. The van der Waals surface area contributed by atoms with Crippen LogP contribution in [0, 0.1) is 28.6 Å². The van der Waals surface area contributed by atoms with Crippen molar-refractivity contribution in [2.45, 2.75) is 12.3 Å². The van der Waals surface area contributed by atoms with Crippen LogP contribution in [0.1, 0.15) is 28.3 Å². The van der Waals surface area contributed by atoms with Crippen LogP contribution in [0.2, 0.25) is 0 Å². The Labute approximate surface area is 155 Å². The highest BCUT2D eigenvalue weighted by molar-refractivity contribution is 6.07. The molecule has 1 heterocycles. The van der Waals surface area contributed by atoms with Gasteiger partial charge in [0.05, 0.1) is 30.9 Å². The molecule has 0 spiro atoms. The Kier molecular flexibility index (Phi) is 5.10. The van der Waals surface area contributed by atoms with Gasteiger partial charge < -0.3 is 14.3 Å². The molecule has 0 aliphatic carbocycles. The first-order valence-electron chi connectivity index (χ1n) is 8.25. The van der Waals surface area contributed by atoms with E-state index < -0.39 is 17.6 Å². The zero-order valence-corrected chi connectivity index (χ0v) is 14.5. The lowest BCUT2D eigenvalue weighted by atomic mass is 9.82. The van der Waals surface area contributed by atoms with Crippen LogP contribution in [0.25, 0.3) is 11.0 Å². The molecular weight excluding hydrogens is 344 g/mol. The number of benzene rings is 2. The summed E-state index contributed by atoms with van der Waals surface area (Å²) in [6.45, 7) is 0. The number of methoxy groups -OCH3 is 1. The summed E-state index contributed by atoms with van der Waals surface area (Å²) in [5, 5.41) is 29.6. The van der Waals surface area contributed by atoms with Gasteiger partial charge in [-0.3, -0.25) is 4.79 Å². The van der Waals surface area contributed by atoms with E-state index in [1.165, 1.54) is 19.4 Å². The Bertz CT molecular complexity index is 1040. The first-order valence-corrected chi connectivity index (χ1v) is 8.25. The zero-order valence-electron chi connectivity index (χ0n) is 14.5. The van der Waals surface area contributed by atoms with Crippen molar-refractivity contribution in [1.82, 2.24) is 0 Å². The lowest BCUT2D eigenvalue weighted by molar-refractivity contribution is 0.0965. The lowest BCUT2D eigenvalue weighted by Crippen LogP contribution is -2.15. The minimum atomic E-state index is -0.998. The topological polar surface area (TPSA) is 107 Å². The monoisotopic (exact) mass is 360 g/mol. The third-order valence-corrected chi connectivity index (χ3v) is 4.49.